The molecule has 0 atom stereocenters. The van der Waals surface area contributed by atoms with Gasteiger partial charge in [0.15, 0.2) is 0 Å². The Labute approximate surface area is 123 Å². The predicted molar refractivity (Wildman–Crippen MR) is 90.3 cm³/mol. The molecular formula is C19H25N. The first-order valence-electron chi connectivity index (χ1n) is 6.86. The third-order valence-corrected chi connectivity index (χ3v) is 3.28. The number of hydrogen-bond donors (Lipinski definition) is 0. The first-order valence-corrected chi connectivity index (χ1v) is 6.86. The molecular weight excluding hydrogens is 242 g/mol. The topological polar surface area (TPSA) is 3.24 Å². The molecule has 0 aliphatic heterocycles. The lowest BCUT2D eigenvalue weighted by Crippen LogP contribution is -2.18. The van der Waals surface area contributed by atoms with Crippen LogP contribution >= 0.6 is 0 Å². The van der Waals surface area contributed by atoms with E-state index in [1.54, 1.807) is 6.08 Å². The lowest BCUT2D eigenvalue weighted by molar-refractivity contribution is 0.601. The van der Waals surface area contributed by atoms with E-state index in [1.807, 2.05) is 13.0 Å². The van der Waals surface area contributed by atoms with Crippen molar-refractivity contribution in [2.45, 2.75) is 27.7 Å². The van der Waals surface area contributed by atoms with Crippen LogP contribution in [0.5, 0.6) is 0 Å². The molecule has 1 nitrogen and oxygen atoms in total. The molecule has 0 spiro atoms. The third kappa shape index (κ3) is 3.51. The molecule has 0 unspecified atom stereocenters. The highest BCUT2D eigenvalue weighted by molar-refractivity contribution is 5.71. The van der Waals surface area contributed by atoms with E-state index in [9.17, 15) is 0 Å². The Hall–Kier alpha value is -2.02. The smallest absolute Gasteiger partial charge is 0.0470 e. The minimum absolute atomic E-state index is 1.03. The maximum Gasteiger partial charge on any atom is 0.0470 e. The second-order valence-electron chi connectivity index (χ2n) is 5.29. The predicted octanol–water partition coefficient (Wildman–Crippen LogP) is 5.32. The molecule has 1 heteroatoms. The van der Waals surface area contributed by atoms with Crippen LogP contribution in [0.15, 0.2) is 66.4 Å². The van der Waals surface area contributed by atoms with Crippen LogP contribution in [0.2, 0.25) is 0 Å². The second kappa shape index (κ2) is 6.95. The average Bonchev–Trinajstić information content (AvgIpc) is 2.37. The number of benzene rings is 1. The summed E-state index contributed by atoms with van der Waals surface area (Å²) in [6.45, 7) is 16.3. The molecule has 1 aromatic carbocycles. The summed E-state index contributed by atoms with van der Waals surface area (Å²) in [5, 5.41) is 0. The molecule has 0 saturated heterocycles. The molecule has 20 heavy (non-hydrogen) atoms. The van der Waals surface area contributed by atoms with Crippen molar-refractivity contribution in [2.75, 3.05) is 7.05 Å². The van der Waals surface area contributed by atoms with Gasteiger partial charge in [0.2, 0.25) is 0 Å². The molecule has 0 N–H and O–H groups in total. The van der Waals surface area contributed by atoms with Crippen LogP contribution in [0, 0.1) is 6.92 Å². The van der Waals surface area contributed by atoms with E-state index in [1.165, 1.54) is 22.4 Å². The van der Waals surface area contributed by atoms with Crippen LogP contribution < -0.4 is 0 Å². The molecule has 0 radical (unpaired) electrons. The van der Waals surface area contributed by atoms with Crippen molar-refractivity contribution in [2.24, 2.45) is 0 Å². The van der Waals surface area contributed by atoms with Crippen molar-refractivity contribution >= 4 is 5.70 Å². The molecule has 0 amide bonds. The van der Waals surface area contributed by atoms with E-state index in [-0.39, 0.29) is 0 Å². The van der Waals surface area contributed by atoms with Crippen molar-refractivity contribution in [1.82, 2.24) is 4.90 Å². The Kier molecular flexibility index (Phi) is 5.57. The summed E-state index contributed by atoms with van der Waals surface area (Å²) < 4.78 is 0. The zero-order chi connectivity index (χ0) is 15.3. The van der Waals surface area contributed by atoms with Gasteiger partial charge in [0, 0.05) is 24.0 Å². The van der Waals surface area contributed by atoms with Gasteiger partial charge < -0.3 is 4.90 Å². The Bertz CT molecular complexity index is 569. The first kappa shape index (κ1) is 16.0. The molecule has 0 bridgehead atoms. The number of hydrogen-bond acceptors (Lipinski definition) is 1. The summed E-state index contributed by atoms with van der Waals surface area (Å²) in [5.41, 5.74) is 7.14. The van der Waals surface area contributed by atoms with Gasteiger partial charge in [-0.1, -0.05) is 49.1 Å². The number of allylic oxidation sites excluding steroid dienone is 4. The fraction of sp³-hybridized carbons (Fsp3) is 0.263. The quantitative estimate of drug-likeness (QED) is 0.652. The zero-order valence-corrected chi connectivity index (χ0v) is 13.3. The highest BCUT2D eigenvalue weighted by Gasteiger charge is 2.15. The minimum Gasteiger partial charge on any atom is -0.344 e. The molecule has 0 aliphatic rings. The van der Waals surface area contributed by atoms with Gasteiger partial charge >= 0.3 is 0 Å². The normalized spacial score (nSPS) is 10.9. The van der Waals surface area contributed by atoms with Gasteiger partial charge in [-0.05, 0) is 44.9 Å². The van der Waals surface area contributed by atoms with Crippen molar-refractivity contribution in [1.29, 1.82) is 0 Å². The standard InChI is InChI=1S/C19H25N/c1-8-11-18(14(2)3)20(7)19(15(4)5)17-13-10-9-12-16(17)6/h8-13H,1-2H2,3-7H3/b18-11+. The highest BCUT2D eigenvalue weighted by Crippen LogP contribution is 2.29. The zero-order valence-electron chi connectivity index (χ0n) is 13.3. The van der Waals surface area contributed by atoms with Crippen molar-refractivity contribution < 1.29 is 0 Å². The van der Waals surface area contributed by atoms with Crippen molar-refractivity contribution in [3.05, 3.63) is 77.5 Å². The highest BCUT2D eigenvalue weighted by atomic mass is 15.1. The van der Waals surface area contributed by atoms with Gasteiger partial charge in [0.1, 0.15) is 0 Å². The van der Waals surface area contributed by atoms with Gasteiger partial charge in [-0.3, -0.25) is 0 Å². The average molecular weight is 267 g/mol. The Morgan fingerprint density at radius 1 is 1.15 bits per heavy atom. The van der Waals surface area contributed by atoms with Crippen molar-refractivity contribution in [3.8, 4) is 0 Å². The second-order valence-corrected chi connectivity index (χ2v) is 5.29. The number of aryl methyl sites for hydroxylation is 1. The summed E-state index contributed by atoms with van der Waals surface area (Å²) >= 11 is 0. The molecule has 0 aromatic heterocycles. The lowest BCUT2D eigenvalue weighted by atomic mass is 10.0. The monoisotopic (exact) mass is 267 g/mol. The summed E-state index contributed by atoms with van der Waals surface area (Å²) in [4.78, 5) is 2.20. The fourth-order valence-electron chi connectivity index (χ4n) is 2.40. The largest absolute Gasteiger partial charge is 0.344 e. The Balaban J connectivity index is 3.41. The molecule has 0 heterocycles. The van der Waals surface area contributed by atoms with E-state index in [2.05, 4.69) is 70.1 Å². The van der Waals surface area contributed by atoms with Gasteiger partial charge in [-0.15, -0.1) is 0 Å². The molecule has 0 aliphatic carbocycles. The van der Waals surface area contributed by atoms with Crippen molar-refractivity contribution in [3.63, 3.8) is 0 Å². The minimum atomic E-state index is 1.03. The molecule has 106 valence electrons. The van der Waals surface area contributed by atoms with E-state index >= 15 is 0 Å². The number of likely N-dealkylation sites (N-methyl/N-ethyl adjacent to an activating group) is 1. The number of rotatable bonds is 5. The van der Waals surface area contributed by atoms with E-state index < -0.39 is 0 Å². The van der Waals surface area contributed by atoms with Crippen LogP contribution in [0.1, 0.15) is 31.9 Å². The first-order chi connectivity index (χ1) is 9.40. The molecule has 1 aromatic rings. The number of nitrogens with zero attached hydrogens (tertiary/aromatic N) is 1. The SMILES string of the molecule is C=C/C=C(\C(=C)C)N(C)C(=C(C)C)c1ccccc1C. The van der Waals surface area contributed by atoms with E-state index in [0.29, 0.717) is 0 Å². The summed E-state index contributed by atoms with van der Waals surface area (Å²) in [6, 6.07) is 8.46. The third-order valence-electron chi connectivity index (χ3n) is 3.28. The van der Waals surface area contributed by atoms with Crippen LogP contribution in [-0.2, 0) is 0 Å². The summed E-state index contributed by atoms with van der Waals surface area (Å²) in [7, 11) is 2.08. The van der Waals surface area contributed by atoms with E-state index in [0.717, 1.165) is 11.3 Å². The fourth-order valence-corrected chi connectivity index (χ4v) is 2.40. The lowest BCUT2D eigenvalue weighted by Gasteiger charge is -2.28. The molecule has 1 rings (SSSR count). The van der Waals surface area contributed by atoms with Crippen LogP contribution in [0.25, 0.3) is 5.70 Å². The summed E-state index contributed by atoms with van der Waals surface area (Å²) in [5.74, 6) is 0. The van der Waals surface area contributed by atoms with Gasteiger partial charge in [0.25, 0.3) is 0 Å². The van der Waals surface area contributed by atoms with Crippen LogP contribution in [0.3, 0.4) is 0 Å². The Morgan fingerprint density at radius 2 is 1.75 bits per heavy atom. The van der Waals surface area contributed by atoms with E-state index in [4.69, 9.17) is 0 Å². The molecule has 0 saturated carbocycles. The Morgan fingerprint density at radius 3 is 2.20 bits per heavy atom. The maximum atomic E-state index is 4.07. The van der Waals surface area contributed by atoms with Crippen LogP contribution in [-0.4, -0.2) is 11.9 Å². The summed E-state index contributed by atoms with van der Waals surface area (Å²) in [6.07, 6.45) is 3.81. The van der Waals surface area contributed by atoms with Gasteiger partial charge in [-0.25, -0.2) is 0 Å². The van der Waals surface area contributed by atoms with Crippen LogP contribution in [0.4, 0.5) is 0 Å². The van der Waals surface area contributed by atoms with Gasteiger partial charge in [0.05, 0.1) is 0 Å². The van der Waals surface area contributed by atoms with Gasteiger partial charge in [-0.2, -0.15) is 0 Å². The maximum absolute atomic E-state index is 4.07. The molecule has 0 fully saturated rings.